The number of halogens is 1. The molecule has 1 aromatic heterocycles. The second-order valence-electron chi connectivity index (χ2n) is 4.75. The lowest BCUT2D eigenvalue weighted by Gasteiger charge is -2.06. The molecule has 0 unspecified atom stereocenters. The number of hydrogen-bond acceptors (Lipinski definition) is 5. The highest BCUT2D eigenvalue weighted by Gasteiger charge is 2.07. The van der Waals surface area contributed by atoms with E-state index >= 15 is 0 Å². The zero-order chi connectivity index (χ0) is 16.8. The molecule has 0 aliphatic rings. The van der Waals surface area contributed by atoms with Gasteiger partial charge in [0, 0.05) is 11.1 Å². The van der Waals surface area contributed by atoms with E-state index in [1.807, 2.05) is 42.5 Å². The largest absolute Gasteiger partial charge is 0.268 e. The number of carbonyl (C=O) groups excluding carboxylic acids is 1. The van der Waals surface area contributed by atoms with Gasteiger partial charge in [0.1, 0.15) is 0 Å². The first-order valence-corrected chi connectivity index (χ1v) is 7.43. The molecule has 3 rings (SSSR count). The van der Waals surface area contributed by atoms with E-state index in [2.05, 4.69) is 26.4 Å². The van der Waals surface area contributed by atoms with Crippen molar-refractivity contribution in [3.8, 4) is 5.69 Å². The van der Waals surface area contributed by atoms with E-state index in [1.54, 1.807) is 18.2 Å². The Hall–Kier alpha value is -3.19. The number of benzene rings is 2. The van der Waals surface area contributed by atoms with E-state index in [0.29, 0.717) is 11.0 Å². The van der Waals surface area contributed by atoms with Gasteiger partial charge in [0.2, 0.25) is 0 Å². The van der Waals surface area contributed by atoms with E-state index in [9.17, 15) is 4.79 Å². The molecule has 2 N–H and O–H groups in total. The molecule has 24 heavy (non-hydrogen) atoms. The summed E-state index contributed by atoms with van der Waals surface area (Å²) in [6.07, 6.45) is 3.07. The summed E-state index contributed by atoms with van der Waals surface area (Å²) >= 11 is 5.81. The third-order valence-corrected chi connectivity index (χ3v) is 3.32. The van der Waals surface area contributed by atoms with Gasteiger partial charge >= 0.3 is 0 Å². The van der Waals surface area contributed by atoms with Gasteiger partial charge in [-0.2, -0.15) is 4.68 Å². The molecule has 2 aromatic carbocycles. The first kappa shape index (κ1) is 15.7. The predicted molar refractivity (Wildman–Crippen MR) is 91.4 cm³/mol. The number of hydrazine groups is 1. The van der Waals surface area contributed by atoms with Crippen LogP contribution in [0.1, 0.15) is 5.56 Å². The SMILES string of the molecule is O=C(/C=C\c1ccc(Cl)cc1)NNc1nnnn1-c1ccccc1. The molecule has 120 valence electrons. The van der Waals surface area contributed by atoms with Crippen molar-refractivity contribution in [2.75, 3.05) is 5.43 Å². The van der Waals surface area contributed by atoms with Crippen LogP contribution in [0.5, 0.6) is 0 Å². The second kappa shape index (κ2) is 7.38. The summed E-state index contributed by atoms with van der Waals surface area (Å²) in [7, 11) is 0. The molecule has 0 fully saturated rings. The minimum atomic E-state index is -0.340. The fourth-order valence-corrected chi connectivity index (χ4v) is 2.04. The molecule has 1 heterocycles. The van der Waals surface area contributed by atoms with Gasteiger partial charge in [0.25, 0.3) is 11.9 Å². The van der Waals surface area contributed by atoms with Crippen LogP contribution in [0.15, 0.2) is 60.7 Å². The van der Waals surface area contributed by atoms with Crippen LogP contribution in [0.4, 0.5) is 5.95 Å². The molecule has 0 aliphatic carbocycles. The Morgan fingerprint density at radius 1 is 1.08 bits per heavy atom. The van der Waals surface area contributed by atoms with Gasteiger partial charge in [-0.25, -0.2) is 0 Å². The molecule has 8 heteroatoms. The van der Waals surface area contributed by atoms with E-state index in [4.69, 9.17) is 11.6 Å². The molecule has 0 bridgehead atoms. The molecule has 7 nitrogen and oxygen atoms in total. The maximum Gasteiger partial charge on any atom is 0.266 e. The number of amides is 1. The van der Waals surface area contributed by atoms with Crippen LogP contribution < -0.4 is 10.9 Å². The summed E-state index contributed by atoms with van der Waals surface area (Å²) in [5.41, 5.74) is 6.84. The number of nitrogens with zero attached hydrogens (tertiary/aromatic N) is 4. The zero-order valence-corrected chi connectivity index (χ0v) is 13.2. The molecule has 0 atom stereocenters. The lowest BCUT2D eigenvalue weighted by atomic mass is 10.2. The Morgan fingerprint density at radius 2 is 1.83 bits per heavy atom. The number of para-hydroxylation sites is 1. The van der Waals surface area contributed by atoms with Gasteiger partial charge in [-0.3, -0.25) is 15.6 Å². The van der Waals surface area contributed by atoms with Crippen molar-refractivity contribution in [1.82, 2.24) is 25.6 Å². The van der Waals surface area contributed by atoms with Crippen LogP contribution in [-0.4, -0.2) is 26.1 Å². The van der Waals surface area contributed by atoms with Crippen molar-refractivity contribution in [2.24, 2.45) is 0 Å². The Bertz CT molecular complexity index is 845. The summed E-state index contributed by atoms with van der Waals surface area (Å²) in [6.45, 7) is 0. The Balaban J connectivity index is 1.61. The minimum absolute atomic E-state index is 0.300. The van der Waals surface area contributed by atoms with Crippen LogP contribution >= 0.6 is 11.6 Å². The number of hydrogen-bond donors (Lipinski definition) is 2. The van der Waals surface area contributed by atoms with Crippen LogP contribution in [0, 0.1) is 0 Å². The molecule has 0 saturated heterocycles. The second-order valence-corrected chi connectivity index (χ2v) is 5.19. The van der Waals surface area contributed by atoms with E-state index in [-0.39, 0.29) is 5.91 Å². The molecule has 0 radical (unpaired) electrons. The monoisotopic (exact) mass is 340 g/mol. The molecule has 1 amide bonds. The lowest BCUT2D eigenvalue weighted by Crippen LogP contribution is -2.29. The summed E-state index contributed by atoms with van der Waals surface area (Å²) < 4.78 is 1.48. The Labute approximate surface area is 142 Å². The van der Waals surface area contributed by atoms with Gasteiger partial charge in [-0.1, -0.05) is 47.0 Å². The van der Waals surface area contributed by atoms with E-state index in [1.165, 1.54) is 10.8 Å². The summed E-state index contributed by atoms with van der Waals surface area (Å²) in [4.78, 5) is 11.9. The minimum Gasteiger partial charge on any atom is -0.268 e. The lowest BCUT2D eigenvalue weighted by molar-refractivity contribution is -0.116. The number of carbonyl (C=O) groups is 1. The summed E-state index contributed by atoms with van der Waals surface area (Å²) in [5.74, 6) is -0.0398. The highest BCUT2D eigenvalue weighted by molar-refractivity contribution is 6.30. The van der Waals surface area contributed by atoms with E-state index < -0.39 is 0 Å². The van der Waals surface area contributed by atoms with Crippen LogP contribution in [0.2, 0.25) is 5.02 Å². The normalized spacial score (nSPS) is 10.7. The first-order chi connectivity index (χ1) is 11.7. The smallest absolute Gasteiger partial charge is 0.266 e. The average molecular weight is 341 g/mol. The number of rotatable bonds is 5. The number of nitrogens with one attached hydrogen (secondary N) is 2. The first-order valence-electron chi connectivity index (χ1n) is 7.06. The number of tetrazole rings is 1. The van der Waals surface area contributed by atoms with Gasteiger partial charge < -0.3 is 0 Å². The Kier molecular flexibility index (Phi) is 4.83. The number of anilines is 1. The highest BCUT2D eigenvalue weighted by atomic mass is 35.5. The topological polar surface area (TPSA) is 84.7 Å². The quantitative estimate of drug-likeness (QED) is 0.550. The molecular weight excluding hydrogens is 328 g/mol. The molecule has 0 saturated carbocycles. The van der Waals surface area contributed by atoms with Crippen LogP contribution in [0.3, 0.4) is 0 Å². The van der Waals surface area contributed by atoms with Crippen molar-refractivity contribution < 1.29 is 4.79 Å². The van der Waals surface area contributed by atoms with Gasteiger partial charge in [0.05, 0.1) is 5.69 Å². The van der Waals surface area contributed by atoms with Crippen molar-refractivity contribution >= 4 is 29.5 Å². The maximum atomic E-state index is 11.9. The fourth-order valence-electron chi connectivity index (χ4n) is 1.91. The Morgan fingerprint density at radius 3 is 2.58 bits per heavy atom. The third-order valence-electron chi connectivity index (χ3n) is 3.06. The van der Waals surface area contributed by atoms with Crippen LogP contribution in [0.25, 0.3) is 11.8 Å². The highest BCUT2D eigenvalue weighted by Crippen LogP contribution is 2.11. The van der Waals surface area contributed by atoms with Crippen molar-refractivity contribution in [3.05, 3.63) is 71.3 Å². The van der Waals surface area contributed by atoms with Gasteiger partial charge in [-0.05, 0) is 46.3 Å². The van der Waals surface area contributed by atoms with Crippen LogP contribution in [-0.2, 0) is 4.79 Å². The predicted octanol–water partition coefficient (Wildman–Crippen LogP) is 2.47. The fraction of sp³-hybridized carbons (Fsp3) is 0. The molecule has 0 spiro atoms. The van der Waals surface area contributed by atoms with E-state index in [0.717, 1.165) is 11.3 Å². The van der Waals surface area contributed by atoms with Gasteiger partial charge in [0.15, 0.2) is 0 Å². The average Bonchev–Trinajstić information content (AvgIpc) is 3.09. The summed E-state index contributed by atoms with van der Waals surface area (Å²) in [5, 5.41) is 11.9. The maximum absolute atomic E-state index is 11.9. The molecule has 3 aromatic rings. The summed E-state index contributed by atoms with van der Waals surface area (Å²) in [6, 6.07) is 16.5. The third kappa shape index (κ3) is 3.96. The number of aromatic nitrogens is 4. The van der Waals surface area contributed by atoms with Crippen molar-refractivity contribution in [3.63, 3.8) is 0 Å². The molecular formula is C16H13ClN6O. The van der Waals surface area contributed by atoms with Crippen molar-refractivity contribution in [2.45, 2.75) is 0 Å². The zero-order valence-electron chi connectivity index (χ0n) is 12.4. The van der Waals surface area contributed by atoms with Crippen molar-refractivity contribution in [1.29, 1.82) is 0 Å². The van der Waals surface area contributed by atoms with Gasteiger partial charge in [-0.15, -0.1) is 0 Å². The standard InChI is InChI=1S/C16H13ClN6O/c17-13-9-6-12(7-10-13)8-11-15(24)18-19-16-20-21-22-23(16)14-4-2-1-3-5-14/h1-11H,(H,18,24)(H,19,20,22)/b11-8-. The molecule has 0 aliphatic heterocycles.